The Morgan fingerprint density at radius 1 is 1.46 bits per heavy atom. The van der Waals surface area contributed by atoms with Gasteiger partial charge in [-0.2, -0.15) is 0 Å². The van der Waals surface area contributed by atoms with Gasteiger partial charge in [0.25, 0.3) is 0 Å². The molecular formula is C11H20O2. The average molecular weight is 184 g/mol. The molecule has 1 aliphatic rings. The van der Waals surface area contributed by atoms with Gasteiger partial charge < -0.3 is 5.11 Å². The van der Waals surface area contributed by atoms with E-state index < -0.39 is 5.97 Å². The zero-order chi connectivity index (χ0) is 9.84. The number of carboxylic acids is 1. The van der Waals surface area contributed by atoms with E-state index in [1.165, 1.54) is 12.8 Å². The van der Waals surface area contributed by atoms with Gasteiger partial charge in [-0.1, -0.05) is 33.1 Å². The maximum Gasteiger partial charge on any atom is 0.306 e. The van der Waals surface area contributed by atoms with E-state index in [-0.39, 0.29) is 5.92 Å². The van der Waals surface area contributed by atoms with Crippen LogP contribution < -0.4 is 0 Å². The molecule has 13 heavy (non-hydrogen) atoms. The molecule has 0 aromatic rings. The lowest BCUT2D eigenvalue weighted by molar-refractivity contribution is -0.144. The van der Waals surface area contributed by atoms with E-state index in [2.05, 4.69) is 13.8 Å². The minimum atomic E-state index is -0.583. The van der Waals surface area contributed by atoms with Gasteiger partial charge in [-0.15, -0.1) is 0 Å². The molecule has 1 fully saturated rings. The fourth-order valence-electron chi connectivity index (χ4n) is 2.46. The second-order valence-corrected chi connectivity index (χ2v) is 4.38. The van der Waals surface area contributed by atoms with Crippen LogP contribution >= 0.6 is 0 Å². The molecule has 1 N–H and O–H groups in total. The van der Waals surface area contributed by atoms with Crippen molar-refractivity contribution in [1.82, 2.24) is 0 Å². The van der Waals surface area contributed by atoms with E-state index >= 15 is 0 Å². The molecule has 0 heterocycles. The monoisotopic (exact) mass is 184 g/mol. The van der Waals surface area contributed by atoms with Crippen molar-refractivity contribution in [2.45, 2.75) is 46.0 Å². The number of rotatable bonds is 2. The van der Waals surface area contributed by atoms with E-state index in [1.807, 2.05) is 0 Å². The van der Waals surface area contributed by atoms with Gasteiger partial charge >= 0.3 is 5.97 Å². The Balaban J connectivity index is 2.65. The Labute approximate surface area is 80.3 Å². The third-order valence-corrected chi connectivity index (χ3v) is 3.34. The predicted molar refractivity (Wildman–Crippen MR) is 52.5 cm³/mol. The first kappa shape index (κ1) is 10.6. The molecule has 0 spiro atoms. The van der Waals surface area contributed by atoms with E-state index in [0.717, 1.165) is 19.3 Å². The highest BCUT2D eigenvalue weighted by Crippen LogP contribution is 2.33. The Bertz CT molecular complexity index is 177. The van der Waals surface area contributed by atoms with Crippen molar-refractivity contribution in [3.05, 3.63) is 0 Å². The SMILES string of the molecule is CCC1CCCC(C)CC1C(=O)O. The van der Waals surface area contributed by atoms with E-state index in [4.69, 9.17) is 5.11 Å². The number of hydrogen-bond donors (Lipinski definition) is 1. The summed E-state index contributed by atoms with van der Waals surface area (Å²) in [5, 5.41) is 9.08. The predicted octanol–water partition coefficient (Wildman–Crippen LogP) is 2.92. The van der Waals surface area contributed by atoms with Gasteiger partial charge in [0, 0.05) is 0 Å². The zero-order valence-electron chi connectivity index (χ0n) is 8.62. The summed E-state index contributed by atoms with van der Waals surface area (Å²) in [6, 6.07) is 0. The van der Waals surface area contributed by atoms with Crippen LogP contribution in [0.25, 0.3) is 0 Å². The van der Waals surface area contributed by atoms with Crippen LogP contribution in [0.5, 0.6) is 0 Å². The lowest BCUT2D eigenvalue weighted by Crippen LogP contribution is -2.23. The maximum atomic E-state index is 11.0. The van der Waals surface area contributed by atoms with E-state index in [9.17, 15) is 4.79 Å². The number of carboxylic acid groups (broad SMARTS) is 1. The smallest absolute Gasteiger partial charge is 0.306 e. The molecule has 0 bridgehead atoms. The van der Waals surface area contributed by atoms with Gasteiger partial charge in [0.15, 0.2) is 0 Å². The van der Waals surface area contributed by atoms with Crippen LogP contribution in [0.2, 0.25) is 0 Å². The topological polar surface area (TPSA) is 37.3 Å². The third kappa shape index (κ3) is 2.71. The molecule has 0 aliphatic heterocycles. The minimum absolute atomic E-state index is 0.0810. The van der Waals surface area contributed by atoms with Crippen molar-refractivity contribution in [3.8, 4) is 0 Å². The van der Waals surface area contributed by atoms with Gasteiger partial charge in [-0.05, 0) is 24.7 Å². The molecule has 0 saturated heterocycles. The fourth-order valence-corrected chi connectivity index (χ4v) is 2.46. The summed E-state index contributed by atoms with van der Waals surface area (Å²) >= 11 is 0. The van der Waals surface area contributed by atoms with E-state index in [0.29, 0.717) is 11.8 Å². The standard InChI is InChI=1S/C11H20O2/c1-3-9-6-4-5-8(2)7-10(9)11(12)13/h8-10H,3-7H2,1-2H3,(H,12,13). The Kier molecular flexibility index (Phi) is 3.76. The van der Waals surface area contributed by atoms with E-state index in [1.54, 1.807) is 0 Å². The van der Waals surface area contributed by atoms with Crippen molar-refractivity contribution in [1.29, 1.82) is 0 Å². The average Bonchev–Trinajstić information content (AvgIpc) is 2.26. The molecule has 3 unspecified atom stereocenters. The highest BCUT2D eigenvalue weighted by atomic mass is 16.4. The summed E-state index contributed by atoms with van der Waals surface area (Å²) < 4.78 is 0. The molecule has 3 atom stereocenters. The van der Waals surface area contributed by atoms with Crippen LogP contribution in [0, 0.1) is 17.8 Å². The molecule has 0 aromatic carbocycles. The lowest BCUT2D eigenvalue weighted by atomic mass is 9.84. The van der Waals surface area contributed by atoms with Gasteiger partial charge in [-0.25, -0.2) is 0 Å². The summed E-state index contributed by atoms with van der Waals surface area (Å²) in [6.07, 6.45) is 5.43. The summed E-state index contributed by atoms with van der Waals surface area (Å²) in [6.45, 7) is 4.28. The number of carbonyl (C=O) groups is 1. The zero-order valence-corrected chi connectivity index (χ0v) is 8.62. The summed E-state index contributed by atoms with van der Waals surface area (Å²) in [5.41, 5.74) is 0. The number of hydrogen-bond acceptors (Lipinski definition) is 1. The van der Waals surface area contributed by atoms with Crippen molar-refractivity contribution >= 4 is 5.97 Å². The molecule has 2 heteroatoms. The largest absolute Gasteiger partial charge is 0.481 e. The second-order valence-electron chi connectivity index (χ2n) is 4.38. The first-order valence-electron chi connectivity index (χ1n) is 5.38. The summed E-state index contributed by atoms with van der Waals surface area (Å²) in [4.78, 5) is 11.0. The van der Waals surface area contributed by atoms with Crippen molar-refractivity contribution in [3.63, 3.8) is 0 Å². The van der Waals surface area contributed by atoms with Crippen LogP contribution in [0.15, 0.2) is 0 Å². The Hall–Kier alpha value is -0.530. The van der Waals surface area contributed by atoms with Crippen LogP contribution in [0.4, 0.5) is 0 Å². The molecule has 0 aromatic heterocycles. The van der Waals surface area contributed by atoms with Crippen molar-refractivity contribution in [2.75, 3.05) is 0 Å². The molecule has 0 radical (unpaired) electrons. The van der Waals surface area contributed by atoms with Crippen molar-refractivity contribution < 1.29 is 9.90 Å². The van der Waals surface area contributed by atoms with Crippen LogP contribution in [0.1, 0.15) is 46.0 Å². The lowest BCUT2D eigenvalue weighted by Gasteiger charge is -2.20. The van der Waals surface area contributed by atoms with Gasteiger partial charge in [0.05, 0.1) is 5.92 Å². The highest BCUT2D eigenvalue weighted by molar-refractivity contribution is 5.70. The maximum absolute atomic E-state index is 11.0. The highest BCUT2D eigenvalue weighted by Gasteiger charge is 2.30. The fraction of sp³-hybridized carbons (Fsp3) is 0.909. The van der Waals surface area contributed by atoms with Gasteiger partial charge in [0.1, 0.15) is 0 Å². The molecule has 1 aliphatic carbocycles. The summed E-state index contributed by atoms with van der Waals surface area (Å²) in [5.74, 6) is 0.350. The third-order valence-electron chi connectivity index (χ3n) is 3.34. The van der Waals surface area contributed by atoms with Crippen LogP contribution in [-0.2, 0) is 4.79 Å². The molecule has 1 rings (SSSR count). The normalized spacial score (nSPS) is 35.4. The molecule has 76 valence electrons. The molecule has 0 amide bonds. The minimum Gasteiger partial charge on any atom is -0.481 e. The quantitative estimate of drug-likeness (QED) is 0.670. The van der Waals surface area contributed by atoms with Crippen LogP contribution in [-0.4, -0.2) is 11.1 Å². The molecule has 1 saturated carbocycles. The van der Waals surface area contributed by atoms with Gasteiger partial charge in [-0.3, -0.25) is 4.79 Å². The summed E-state index contributed by atoms with van der Waals surface area (Å²) in [7, 11) is 0. The Morgan fingerprint density at radius 2 is 2.15 bits per heavy atom. The van der Waals surface area contributed by atoms with Gasteiger partial charge in [0.2, 0.25) is 0 Å². The molecule has 2 nitrogen and oxygen atoms in total. The second kappa shape index (κ2) is 4.64. The first-order valence-corrected chi connectivity index (χ1v) is 5.38. The first-order chi connectivity index (χ1) is 6.15. The molecular weight excluding hydrogens is 164 g/mol. The number of aliphatic carboxylic acids is 1. The van der Waals surface area contributed by atoms with Crippen molar-refractivity contribution in [2.24, 2.45) is 17.8 Å². The Morgan fingerprint density at radius 3 is 2.69 bits per heavy atom. The van der Waals surface area contributed by atoms with Crippen LogP contribution in [0.3, 0.4) is 0 Å².